The molecule has 0 aliphatic carbocycles. The van der Waals surface area contributed by atoms with Gasteiger partial charge in [0, 0.05) is 5.56 Å². The quantitative estimate of drug-likeness (QED) is 0.826. The maximum Gasteiger partial charge on any atom is 0.122 e. The summed E-state index contributed by atoms with van der Waals surface area (Å²) in [4.78, 5) is 0. The Morgan fingerprint density at radius 1 is 1.42 bits per heavy atom. The number of nitrogens with one attached hydrogen (secondary N) is 1. The Morgan fingerprint density at radius 2 is 2.21 bits per heavy atom. The molecule has 0 atom stereocenters. The average Bonchev–Trinajstić information content (AvgIpc) is 2.92. The number of furan rings is 1. The predicted molar refractivity (Wildman–Crippen MR) is 76.5 cm³/mol. The van der Waals surface area contributed by atoms with Gasteiger partial charge in [-0.1, -0.05) is 18.5 Å². The van der Waals surface area contributed by atoms with Gasteiger partial charge < -0.3 is 9.73 Å². The molecule has 0 spiro atoms. The molecule has 0 unspecified atom stereocenters. The molecule has 2 aromatic heterocycles. The van der Waals surface area contributed by atoms with Crippen LogP contribution in [-0.2, 0) is 13.1 Å². The first-order chi connectivity index (χ1) is 9.13. The monoisotopic (exact) mass is 281 g/mol. The normalized spacial score (nSPS) is 11.2. The largest absolute Gasteiger partial charge is 0.468 e. The minimum Gasteiger partial charge on any atom is -0.468 e. The van der Waals surface area contributed by atoms with Crippen molar-refractivity contribution in [3.8, 4) is 0 Å². The molecule has 104 valence electrons. The van der Waals surface area contributed by atoms with Crippen molar-refractivity contribution in [3.63, 3.8) is 0 Å². The zero-order chi connectivity index (χ0) is 13.8. The highest BCUT2D eigenvalue weighted by Gasteiger charge is 2.12. The highest BCUT2D eigenvalue weighted by molar-refractivity contribution is 6.31. The second kappa shape index (κ2) is 6.26. The Morgan fingerprint density at radius 3 is 2.84 bits per heavy atom. The first-order valence-corrected chi connectivity index (χ1v) is 6.96. The highest BCUT2D eigenvalue weighted by Crippen LogP contribution is 2.21. The maximum absolute atomic E-state index is 6.16. The molecule has 2 aromatic rings. The molecule has 0 bridgehead atoms. The molecule has 0 aromatic carbocycles. The van der Waals surface area contributed by atoms with Gasteiger partial charge in [-0.25, -0.2) is 0 Å². The van der Waals surface area contributed by atoms with Gasteiger partial charge in [-0.05, 0) is 32.9 Å². The van der Waals surface area contributed by atoms with Crippen LogP contribution in [0.1, 0.15) is 36.1 Å². The summed E-state index contributed by atoms with van der Waals surface area (Å²) in [5.74, 6) is 0.970. The third kappa shape index (κ3) is 3.19. The summed E-state index contributed by atoms with van der Waals surface area (Å²) in [7, 11) is 0. The minimum atomic E-state index is 0.693. The maximum atomic E-state index is 6.16. The second-order valence-corrected chi connectivity index (χ2v) is 5.07. The van der Waals surface area contributed by atoms with Gasteiger partial charge in [0.25, 0.3) is 0 Å². The molecule has 0 fully saturated rings. The molecule has 0 aliphatic rings. The molecule has 0 amide bonds. The Bertz CT molecular complexity index is 545. The average molecular weight is 282 g/mol. The van der Waals surface area contributed by atoms with E-state index < -0.39 is 0 Å². The molecule has 0 saturated carbocycles. The summed E-state index contributed by atoms with van der Waals surface area (Å²) < 4.78 is 7.45. The fourth-order valence-corrected chi connectivity index (χ4v) is 2.17. The molecule has 19 heavy (non-hydrogen) atoms. The number of rotatable bonds is 6. The van der Waals surface area contributed by atoms with Crippen LogP contribution in [0.25, 0.3) is 0 Å². The van der Waals surface area contributed by atoms with Crippen LogP contribution in [0.4, 0.5) is 0 Å². The van der Waals surface area contributed by atoms with Gasteiger partial charge in [0.1, 0.15) is 5.76 Å². The Kier molecular flexibility index (Phi) is 4.66. The van der Waals surface area contributed by atoms with Crippen LogP contribution in [0.5, 0.6) is 0 Å². The molecule has 4 nitrogen and oxygen atoms in total. The number of hydrogen-bond donors (Lipinski definition) is 1. The van der Waals surface area contributed by atoms with Crippen LogP contribution in [0.2, 0.25) is 5.02 Å². The van der Waals surface area contributed by atoms with E-state index in [4.69, 9.17) is 16.0 Å². The first-order valence-electron chi connectivity index (χ1n) is 6.59. The van der Waals surface area contributed by atoms with Crippen molar-refractivity contribution in [1.29, 1.82) is 0 Å². The fraction of sp³-hybridized carbons (Fsp3) is 0.500. The summed E-state index contributed by atoms with van der Waals surface area (Å²) in [6, 6.07) is 1.99. The topological polar surface area (TPSA) is 43.0 Å². The van der Waals surface area contributed by atoms with Gasteiger partial charge in [0.15, 0.2) is 0 Å². The SMILES string of the molecule is CCCNCc1occc1Cn1nc(C)c(Cl)c1C. The number of nitrogens with zero attached hydrogens (tertiary/aromatic N) is 2. The Balaban J connectivity index is 2.10. The summed E-state index contributed by atoms with van der Waals surface area (Å²) >= 11 is 6.16. The zero-order valence-electron chi connectivity index (χ0n) is 11.7. The fourth-order valence-electron chi connectivity index (χ4n) is 2.03. The number of hydrogen-bond acceptors (Lipinski definition) is 3. The van der Waals surface area contributed by atoms with Gasteiger partial charge in [-0.3, -0.25) is 4.68 Å². The summed E-state index contributed by atoms with van der Waals surface area (Å²) in [5.41, 5.74) is 3.01. The van der Waals surface area contributed by atoms with Crippen molar-refractivity contribution in [2.45, 2.75) is 40.3 Å². The van der Waals surface area contributed by atoms with Gasteiger partial charge in [-0.2, -0.15) is 5.10 Å². The molecule has 5 heteroatoms. The zero-order valence-corrected chi connectivity index (χ0v) is 12.4. The number of aromatic nitrogens is 2. The van der Waals surface area contributed by atoms with Crippen LogP contribution < -0.4 is 5.32 Å². The lowest BCUT2D eigenvalue weighted by atomic mass is 10.2. The minimum absolute atomic E-state index is 0.693. The van der Waals surface area contributed by atoms with Crippen molar-refractivity contribution in [3.05, 3.63) is 40.1 Å². The van der Waals surface area contributed by atoms with E-state index in [2.05, 4.69) is 17.3 Å². The van der Waals surface area contributed by atoms with Crippen LogP contribution in [0.3, 0.4) is 0 Å². The van der Waals surface area contributed by atoms with Crippen LogP contribution >= 0.6 is 11.6 Å². The van der Waals surface area contributed by atoms with Crippen LogP contribution in [0, 0.1) is 13.8 Å². The van der Waals surface area contributed by atoms with E-state index in [9.17, 15) is 0 Å². The van der Waals surface area contributed by atoms with Gasteiger partial charge >= 0.3 is 0 Å². The lowest BCUT2D eigenvalue weighted by Gasteiger charge is -2.06. The van der Waals surface area contributed by atoms with E-state index in [0.29, 0.717) is 6.54 Å². The lowest BCUT2D eigenvalue weighted by molar-refractivity contribution is 0.474. The third-order valence-electron chi connectivity index (χ3n) is 3.16. The van der Waals surface area contributed by atoms with Gasteiger partial charge in [0.05, 0.1) is 35.8 Å². The summed E-state index contributed by atoms with van der Waals surface area (Å²) in [6.07, 6.45) is 2.84. The van der Waals surface area contributed by atoms with Crippen molar-refractivity contribution in [2.24, 2.45) is 0 Å². The third-order valence-corrected chi connectivity index (χ3v) is 3.71. The molecular weight excluding hydrogens is 262 g/mol. The molecule has 0 radical (unpaired) electrons. The smallest absolute Gasteiger partial charge is 0.122 e. The molecule has 1 N–H and O–H groups in total. The highest BCUT2D eigenvalue weighted by atomic mass is 35.5. The molecule has 0 saturated heterocycles. The van der Waals surface area contributed by atoms with E-state index in [1.807, 2.05) is 24.6 Å². The van der Waals surface area contributed by atoms with Crippen LogP contribution in [-0.4, -0.2) is 16.3 Å². The predicted octanol–water partition coefficient (Wildman–Crippen LogP) is 3.29. The van der Waals surface area contributed by atoms with Crippen LogP contribution in [0.15, 0.2) is 16.7 Å². The number of halogens is 1. The van der Waals surface area contributed by atoms with Gasteiger partial charge in [-0.15, -0.1) is 0 Å². The van der Waals surface area contributed by atoms with Crippen molar-refractivity contribution in [1.82, 2.24) is 15.1 Å². The van der Waals surface area contributed by atoms with Crippen molar-refractivity contribution in [2.75, 3.05) is 6.54 Å². The molecule has 0 aliphatic heterocycles. The summed E-state index contributed by atoms with van der Waals surface area (Å²) in [5, 5.41) is 8.53. The lowest BCUT2D eigenvalue weighted by Crippen LogP contribution is -2.15. The van der Waals surface area contributed by atoms with Gasteiger partial charge in [0.2, 0.25) is 0 Å². The molecular formula is C14H20ClN3O. The molecule has 2 heterocycles. The van der Waals surface area contributed by atoms with E-state index in [1.54, 1.807) is 6.26 Å². The molecule has 2 rings (SSSR count). The summed E-state index contributed by atoms with van der Waals surface area (Å²) in [6.45, 7) is 8.49. The number of aryl methyl sites for hydroxylation is 1. The Labute approximate surface area is 118 Å². The van der Waals surface area contributed by atoms with E-state index in [1.165, 1.54) is 0 Å². The standard InChI is InChI=1S/C14H20ClN3O/c1-4-6-16-8-13-12(5-7-19-13)9-18-11(3)14(15)10(2)17-18/h5,7,16H,4,6,8-9H2,1-3H3. The Hall–Kier alpha value is -1.26. The van der Waals surface area contributed by atoms with E-state index >= 15 is 0 Å². The van der Waals surface area contributed by atoms with Crippen molar-refractivity contribution < 1.29 is 4.42 Å². The second-order valence-electron chi connectivity index (χ2n) is 4.69. The first kappa shape index (κ1) is 14.2. The van der Waals surface area contributed by atoms with E-state index in [-0.39, 0.29) is 0 Å². The van der Waals surface area contributed by atoms with E-state index in [0.717, 1.165) is 47.2 Å². The van der Waals surface area contributed by atoms with Crippen molar-refractivity contribution >= 4 is 11.6 Å².